The van der Waals surface area contributed by atoms with Gasteiger partial charge in [-0.25, -0.2) is 0 Å². The number of hydrogen-bond donors (Lipinski definition) is 4. The van der Waals surface area contributed by atoms with Crippen molar-refractivity contribution in [2.75, 3.05) is 19.8 Å². The number of hydrogen-bond acceptors (Lipinski definition) is 4. The van der Waals surface area contributed by atoms with Gasteiger partial charge in [0.1, 0.15) is 0 Å². The molecule has 0 saturated carbocycles. The van der Waals surface area contributed by atoms with E-state index in [2.05, 4.69) is 12.2 Å². The number of carboxylic acids is 1. The van der Waals surface area contributed by atoms with E-state index in [1.54, 1.807) is 0 Å². The van der Waals surface area contributed by atoms with Gasteiger partial charge in [0.15, 0.2) is 0 Å². The minimum atomic E-state index is -0.663. The fraction of sp³-hybridized carbons (Fsp3) is 0.941. The molecule has 5 nitrogen and oxygen atoms in total. The van der Waals surface area contributed by atoms with E-state index in [0.29, 0.717) is 18.9 Å². The summed E-state index contributed by atoms with van der Waals surface area (Å²) < 4.78 is 0. The van der Waals surface area contributed by atoms with Crippen molar-refractivity contribution < 1.29 is 20.1 Å². The highest BCUT2D eigenvalue weighted by Crippen LogP contribution is 2.07. The molecule has 0 aromatic rings. The molecule has 0 aliphatic heterocycles. The van der Waals surface area contributed by atoms with Crippen molar-refractivity contribution in [1.82, 2.24) is 5.32 Å². The summed E-state index contributed by atoms with van der Waals surface area (Å²) in [6.07, 6.45) is 8.64. The fourth-order valence-corrected chi connectivity index (χ4v) is 1.99. The number of nitrogens with one attached hydrogen (secondary N) is 1. The van der Waals surface area contributed by atoms with E-state index in [4.69, 9.17) is 15.3 Å². The summed E-state index contributed by atoms with van der Waals surface area (Å²) >= 11 is 0. The molecule has 0 bridgehead atoms. The Morgan fingerprint density at radius 2 is 1.55 bits per heavy atom. The summed E-state index contributed by atoms with van der Waals surface area (Å²) in [5.74, 6) is -0.250. The maximum Gasteiger partial charge on any atom is 0.303 e. The van der Waals surface area contributed by atoms with Gasteiger partial charge in [0.25, 0.3) is 0 Å². The van der Waals surface area contributed by atoms with Gasteiger partial charge in [0, 0.05) is 19.0 Å². The maximum absolute atomic E-state index is 10.1. The first-order chi connectivity index (χ1) is 10.5. The lowest BCUT2D eigenvalue weighted by atomic mass is 10.1. The van der Waals surface area contributed by atoms with Gasteiger partial charge in [-0.3, -0.25) is 4.79 Å². The molecule has 0 aliphatic carbocycles. The average Bonchev–Trinajstić information content (AvgIpc) is 2.47. The highest BCUT2D eigenvalue weighted by Gasteiger charge is 2.09. The second kappa shape index (κ2) is 18.4. The SMILES string of the molecule is CC(C)C(CO)NCCO.CCCCCCCCCC(=O)O. The van der Waals surface area contributed by atoms with Gasteiger partial charge >= 0.3 is 5.97 Å². The Labute approximate surface area is 136 Å². The maximum atomic E-state index is 10.1. The van der Waals surface area contributed by atoms with Crippen LogP contribution in [0.25, 0.3) is 0 Å². The monoisotopic (exact) mass is 319 g/mol. The van der Waals surface area contributed by atoms with Crippen LogP contribution in [-0.2, 0) is 4.79 Å². The van der Waals surface area contributed by atoms with Gasteiger partial charge in [0.2, 0.25) is 0 Å². The molecule has 134 valence electrons. The summed E-state index contributed by atoms with van der Waals surface area (Å²) in [5, 5.41) is 28.6. The van der Waals surface area contributed by atoms with E-state index in [1.165, 1.54) is 32.1 Å². The Kier molecular flexibility index (Phi) is 19.7. The van der Waals surface area contributed by atoms with E-state index in [-0.39, 0.29) is 19.3 Å². The highest BCUT2D eigenvalue weighted by molar-refractivity contribution is 5.66. The minimum absolute atomic E-state index is 0.118. The van der Waals surface area contributed by atoms with E-state index < -0.39 is 5.97 Å². The Hall–Kier alpha value is -0.650. The van der Waals surface area contributed by atoms with Crippen molar-refractivity contribution in [3.63, 3.8) is 0 Å². The molecule has 0 aromatic carbocycles. The number of carbonyl (C=O) groups is 1. The van der Waals surface area contributed by atoms with Crippen LogP contribution >= 0.6 is 0 Å². The Balaban J connectivity index is 0. The molecule has 0 rings (SSSR count). The third kappa shape index (κ3) is 19.4. The number of aliphatic hydroxyl groups excluding tert-OH is 2. The molecule has 22 heavy (non-hydrogen) atoms. The molecule has 1 unspecified atom stereocenters. The second-order valence-corrected chi connectivity index (χ2v) is 5.98. The molecule has 4 N–H and O–H groups in total. The molecular formula is C17H37NO4. The van der Waals surface area contributed by atoms with E-state index >= 15 is 0 Å². The topological polar surface area (TPSA) is 89.8 Å². The van der Waals surface area contributed by atoms with Crippen LogP contribution in [0.3, 0.4) is 0 Å². The average molecular weight is 319 g/mol. The van der Waals surface area contributed by atoms with Crippen LogP contribution in [0.4, 0.5) is 0 Å². The fourth-order valence-electron chi connectivity index (χ4n) is 1.99. The van der Waals surface area contributed by atoms with Crippen molar-refractivity contribution in [3.8, 4) is 0 Å². The first-order valence-electron chi connectivity index (χ1n) is 8.66. The van der Waals surface area contributed by atoms with Gasteiger partial charge < -0.3 is 20.6 Å². The van der Waals surface area contributed by atoms with Gasteiger partial charge in [-0.05, 0) is 12.3 Å². The van der Waals surface area contributed by atoms with Crippen molar-refractivity contribution in [2.24, 2.45) is 5.92 Å². The molecule has 0 aromatic heterocycles. The van der Waals surface area contributed by atoms with Gasteiger partial charge in [-0.1, -0.05) is 59.3 Å². The number of aliphatic carboxylic acids is 1. The molecule has 1 atom stereocenters. The van der Waals surface area contributed by atoms with Crippen molar-refractivity contribution in [1.29, 1.82) is 0 Å². The molecule has 0 saturated heterocycles. The molecule has 0 heterocycles. The lowest BCUT2D eigenvalue weighted by Gasteiger charge is -2.18. The van der Waals surface area contributed by atoms with Crippen molar-refractivity contribution in [2.45, 2.75) is 78.2 Å². The van der Waals surface area contributed by atoms with Gasteiger partial charge in [-0.2, -0.15) is 0 Å². The Morgan fingerprint density at radius 3 is 1.95 bits per heavy atom. The zero-order valence-electron chi connectivity index (χ0n) is 14.7. The largest absolute Gasteiger partial charge is 0.481 e. The summed E-state index contributed by atoms with van der Waals surface area (Å²) in [4.78, 5) is 10.1. The molecule has 0 amide bonds. The molecule has 0 aliphatic rings. The zero-order chi connectivity index (χ0) is 17.2. The normalized spacial score (nSPS) is 11.9. The van der Waals surface area contributed by atoms with Crippen LogP contribution in [0.2, 0.25) is 0 Å². The van der Waals surface area contributed by atoms with Crippen LogP contribution in [0.1, 0.15) is 72.1 Å². The van der Waals surface area contributed by atoms with Crippen molar-refractivity contribution in [3.05, 3.63) is 0 Å². The lowest BCUT2D eigenvalue weighted by Crippen LogP contribution is -2.38. The summed E-state index contributed by atoms with van der Waals surface area (Å²) in [5.41, 5.74) is 0. The molecule has 0 fully saturated rings. The van der Waals surface area contributed by atoms with E-state index in [9.17, 15) is 4.79 Å². The van der Waals surface area contributed by atoms with Crippen LogP contribution in [-0.4, -0.2) is 47.1 Å². The van der Waals surface area contributed by atoms with Crippen LogP contribution in [0, 0.1) is 5.92 Å². The number of aliphatic hydroxyl groups is 2. The number of carboxylic acid groups (broad SMARTS) is 1. The second-order valence-electron chi connectivity index (χ2n) is 5.98. The summed E-state index contributed by atoms with van der Waals surface area (Å²) in [7, 11) is 0. The highest BCUT2D eigenvalue weighted by atomic mass is 16.4. The molecular weight excluding hydrogens is 282 g/mol. The predicted molar refractivity (Wildman–Crippen MR) is 91.0 cm³/mol. The summed E-state index contributed by atoms with van der Waals surface area (Å²) in [6, 6.07) is 0.118. The quantitative estimate of drug-likeness (QED) is 0.392. The Bertz CT molecular complexity index is 235. The summed E-state index contributed by atoms with van der Waals surface area (Å²) in [6.45, 7) is 7.09. The molecule has 5 heteroatoms. The van der Waals surface area contributed by atoms with E-state index in [0.717, 1.165) is 12.8 Å². The third-order valence-corrected chi connectivity index (χ3v) is 3.51. The van der Waals surface area contributed by atoms with Crippen LogP contribution in [0.15, 0.2) is 0 Å². The predicted octanol–water partition coefficient (Wildman–Crippen LogP) is 2.80. The molecule has 0 radical (unpaired) electrons. The standard InChI is InChI=1S/C10H20O2.C7H17NO2/c1-2-3-4-5-6-7-8-9-10(11)12;1-6(2)7(5-10)8-3-4-9/h2-9H2,1H3,(H,11,12);6-10H,3-5H2,1-2H3. The van der Waals surface area contributed by atoms with Gasteiger partial charge in [-0.15, -0.1) is 0 Å². The molecule has 0 spiro atoms. The zero-order valence-corrected chi connectivity index (χ0v) is 14.7. The minimum Gasteiger partial charge on any atom is -0.481 e. The number of unbranched alkanes of at least 4 members (excludes halogenated alkanes) is 6. The first kappa shape index (κ1) is 23.6. The smallest absolute Gasteiger partial charge is 0.303 e. The first-order valence-corrected chi connectivity index (χ1v) is 8.66. The third-order valence-electron chi connectivity index (χ3n) is 3.51. The van der Waals surface area contributed by atoms with Crippen LogP contribution < -0.4 is 5.32 Å². The van der Waals surface area contributed by atoms with Gasteiger partial charge in [0.05, 0.1) is 13.2 Å². The lowest BCUT2D eigenvalue weighted by molar-refractivity contribution is -0.137. The number of rotatable bonds is 13. The Morgan fingerprint density at radius 1 is 1.00 bits per heavy atom. The van der Waals surface area contributed by atoms with Crippen LogP contribution in [0.5, 0.6) is 0 Å². The van der Waals surface area contributed by atoms with E-state index in [1.807, 2.05) is 13.8 Å². The van der Waals surface area contributed by atoms with Crippen molar-refractivity contribution >= 4 is 5.97 Å².